The Morgan fingerprint density at radius 3 is 3.15 bits per heavy atom. The van der Waals surface area contributed by atoms with Gasteiger partial charge in [-0.05, 0) is 23.3 Å². The van der Waals surface area contributed by atoms with E-state index in [1.807, 2.05) is 0 Å². The van der Waals surface area contributed by atoms with E-state index in [0.717, 1.165) is 5.82 Å². The van der Waals surface area contributed by atoms with E-state index in [0.29, 0.717) is 25.8 Å². The maximum absolute atomic E-state index is 10.7. The molecule has 0 aromatic carbocycles. The third kappa shape index (κ3) is 1.51. The topological polar surface area (TPSA) is 80.9 Å². The molecule has 1 aliphatic heterocycles. The van der Waals surface area contributed by atoms with E-state index < -0.39 is 5.97 Å². The number of tetrazole rings is 1. The van der Waals surface area contributed by atoms with Gasteiger partial charge < -0.3 is 5.11 Å². The number of carboxylic acid groups (broad SMARTS) is 1. The molecule has 0 unspecified atom stereocenters. The van der Waals surface area contributed by atoms with Gasteiger partial charge in [-0.2, -0.15) is 0 Å². The first-order valence-corrected chi connectivity index (χ1v) is 4.25. The number of rotatable bonds is 1. The normalized spacial score (nSPS) is 22.0. The summed E-state index contributed by atoms with van der Waals surface area (Å²) in [7, 11) is 0. The highest BCUT2D eigenvalue weighted by Crippen LogP contribution is 2.17. The van der Waals surface area contributed by atoms with Crippen LogP contribution in [0.4, 0.5) is 0 Å². The van der Waals surface area contributed by atoms with Crippen molar-refractivity contribution in [3.63, 3.8) is 0 Å². The van der Waals surface area contributed by atoms with E-state index in [9.17, 15) is 4.79 Å². The molecule has 1 aromatic rings. The standard InChI is InChI=1S/C7H10N4O2/c12-7(13)5-1-2-6-8-9-10-11(6)4-3-5/h5H,1-4H2,(H,12,13)/t5-/m1/s1. The number of hydrogen-bond donors (Lipinski definition) is 1. The van der Waals surface area contributed by atoms with Gasteiger partial charge >= 0.3 is 5.97 Å². The largest absolute Gasteiger partial charge is 0.481 e. The number of fused-ring (bicyclic) bond motifs is 1. The maximum Gasteiger partial charge on any atom is 0.306 e. The Morgan fingerprint density at radius 1 is 1.54 bits per heavy atom. The van der Waals surface area contributed by atoms with Crippen molar-refractivity contribution in [3.05, 3.63) is 5.82 Å². The van der Waals surface area contributed by atoms with E-state index in [-0.39, 0.29) is 5.92 Å². The summed E-state index contributed by atoms with van der Waals surface area (Å²) in [5.41, 5.74) is 0. The molecule has 0 fully saturated rings. The Balaban J connectivity index is 2.12. The predicted octanol–water partition coefficient (Wildman–Crippen LogP) is -0.290. The number of carboxylic acids is 1. The van der Waals surface area contributed by atoms with Crippen molar-refractivity contribution in [2.24, 2.45) is 5.92 Å². The minimum absolute atomic E-state index is 0.261. The lowest BCUT2D eigenvalue weighted by atomic mass is 10.0. The molecule has 0 radical (unpaired) electrons. The Kier molecular flexibility index (Phi) is 1.96. The van der Waals surface area contributed by atoms with Crippen molar-refractivity contribution in [3.8, 4) is 0 Å². The second-order valence-electron chi connectivity index (χ2n) is 3.18. The summed E-state index contributed by atoms with van der Waals surface area (Å²) >= 11 is 0. The quantitative estimate of drug-likeness (QED) is 0.645. The Bertz CT molecular complexity index is 300. The van der Waals surface area contributed by atoms with Gasteiger partial charge in [0.15, 0.2) is 5.82 Å². The molecule has 2 heterocycles. The van der Waals surface area contributed by atoms with Gasteiger partial charge in [0.25, 0.3) is 0 Å². The zero-order valence-electron chi connectivity index (χ0n) is 7.05. The minimum Gasteiger partial charge on any atom is -0.481 e. The zero-order chi connectivity index (χ0) is 9.26. The number of carbonyl (C=O) groups is 1. The van der Waals surface area contributed by atoms with Crippen LogP contribution in [-0.4, -0.2) is 31.3 Å². The summed E-state index contributed by atoms with van der Waals surface area (Å²) in [4.78, 5) is 10.7. The van der Waals surface area contributed by atoms with Crippen LogP contribution < -0.4 is 0 Å². The van der Waals surface area contributed by atoms with Crippen LogP contribution in [0.2, 0.25) is 0 Å². The van der Waals surface area contributed by atoms with Gasteiger partial charge in [0.2, 0.25) is 0 Å². The summed E-state index contributed by atoms with van der Waals surface area (Å²) in [5.74, 6) is -0.189. The molecule has 6 nitrogen and oxygen atoms in total. The van der Waals surface area contributed by atoms with Gasteiger partial charge in [0, 0.05) is 13.0 Å². The summed E-state index contributed by atoms with van der Waals surface area (Å²) in [6.45, 7) is 0.610. The van der Waals surface area contributed by atoms with Crippen molar-refractivity contribution in [1.82, 2.24) is 20.2 Å². The average Bonchev–Trinajstić information content (AvgIpc) is 2.44. The van der Waals surface area contributed by atoms with E-state index >= 15 is 0 Å². The number of aryl methyl sites for hydroxylation is 2. The molecule has 70 valence electrons. The molecule has 0 saturated carbocycles. The minimum atomic E-state index is -0.723. The van der Waals surface area contributed by atoms with Crippen LogP contribution >= 0.6 is 0 Å². The van der Waals surface area contributed by atoms with E-state index in [2.05, 4.69) is 15.5 Å². The third-order valence-electron chi connectivity index (χ3n) is 2.36. The highest BCUT2D eigenvalue weighted by Gasteiger charge is 2.22. The fraction of sp³-hybridized carbons (Fsp3) is 0.714. The van der Waals surface area contributed by atoms with Gasteiger partial charge in [-0.15, -0.1) is 5.10 Å². The SMILES string of the molecule is O=C(O)[C@@H]1CCc2nnnn2CC1. The molecule has 0 saturated heterocycles. The lowest BCUT2D eigenvalue weighted by molar-refractivity contribution is -0.142. The van der Waals surface area contributed by atoms with Gasteiger partial charge in [0.05, 0.1) is 5.92 Å². The molecule has 1 aromatic heterocycles. The molecule has 6 heteroatoms. The van der Waals surface area contributed by atoms with Gasteiger partial charge in [0.1, 0.15) is 0 Å². The first-order valence-electron chi connectivity index (χ1n) is 4.25. The van der Waals surface area contributed by atoms with Crippen molar-refractivity contribution >= 4 is 5.97 Å². The molecular formula is C7H10N4O2. The smallest absolute Gasteiger partial charge is 0.306 e. The van der Waals surface area contributed by atoms with E-state index in [1.165, 1.54) is 0 Å². The maximum atomic E-state index is 10.7. The predicted molar refractivity (Wildman–Crippen MR) is 41.9 cm³/mol. The van der Waals surface area contributed by atoms with Crippen molar-refractivity contribution in [2.45, 2.75) is 25.8 Å². The first kappa shape index (κ1) is 8.15. The Morgan fingerprint density at radius 2 is 2.38 bits per heavy atom. The van der Waals surface area contributed by atoms with Crippen LogP contribution in [0.3, 0.4) is 0 Å². The molecule has 13 heavy (non-hydrogen) atoms. The summed E-state index contributed by atoms with van der Waals surface area (Å²) in [6.07, 6.45) is 1.91. The molecule has 1 atom stereocenters. The number of aliphatic carboxylic acids is 1. The van der Waals surface area contributed by atoms with Gasteiger partial charge in [-0.1, -0.05) is 0 Å². The van der Waals surface area contributed by atoms with Crippen LogP contribution in [0.1, 0.15) is 18.7 Å². The van der Waals surface area contributed by atoms with Crippen LogP contribution in [0, 0.1) is 5.92 Å². The highest BCUT2D eigenvalue weighted by molar-refractivity contribution is 5.69. The molecule has 0 amide bonds. The molecule has 0 aliphatic carbocycles. The summed E-state index contributed by atoms with van der Waals surface area (Å²) in [5, 5.41) is 19.9. The van der Waals surface area contributed by atoms with Crippen LogP contribution in [0.5, 0.6) is 0 Å². The van der Waals surface area contributed by atoms with Crippen LogP contribution in [0.15, 0.2) is 0 Å². The lowest BCUT2D eigenvalue weighted by Crippen LogP contribution is -2.14. The first-order chi connectivity index (χ1) is 6.27. The van der Waals surface area contributed by atoms with Crippen molar-refractivity contribution < 1.29 is 9.90 Å². The fourth-order valence-corrected chi connectivity index (χ4v) is 1.55. The van der Waals surface area contributed by atoms with Crippen molar-refractivity contribution in [1.29, 1.82) is 0 Å². The highest BCUT2D eigenvalue weighted by atomic mass is 16.4. The van der Waals surface area contributed by atoms with Crippen LogP contribution in [0.25, 0.3) is 0 Å². The summed E-state index contributed by atoms with van der Waals surface area (Å²) < 4.78 is 1.68. The average molecular weight is 182 g/mol. The van der Waals surface area contributed by atoms with E-state index in [4.69, 9.17) is 5.11 Å². The number of aromatic nitrogens is 4. The Labute approximate surface area is 74.6 Å². The monoisotopic (exact) mass is 182 g/mol. The Hall–Kier alpha value is -1.46. The molecule has 1 N–H and O–H groups in total. The molecule has 0 spiro atoms. The van der Waals surface area contributed by atoms with E-state index in [1.54, 1.807) is 4.68 Å². The van der Waals surface area contributed by atoms with Gasteiger partial charge in [-0.3, -0.25) is 4.79 Å². The fourth-order valence-electron chi connectivity index (χ4n) is 1.55. The van der Waals surface area contributed by atoms with Crippen molar-refractivity contribution in [2.75, 3.05) is 0 Å². The molecule has 0 bridgehead atoms. The summed E-state index contributed by atoms with van der Waals surface area (Å²) in [6, 6.07) is 0. The van der Waals surface area contributed by atoms with Gasteiger partial charge in [-0.25, -0.2) is 4.68 Å². The third-order valence-corrected chi connectivity index (χ3v) is 2.36. The molecular weight excluding hydrogens is 172 g/mol. The second-order valence-corrected chi connectivity index (χ2v) is 3.18. The molecule has 2 rings (SSSR count). The number of nitrogens with zero attached hydrogens (tertiary/aromatic N) is 4. The van der Waals surface area contributed by atoms with Crippen LogP contribution in [-0.2, 0) is 17.8 Å². The number of hydrogen-bond acceptors (Lipinski definition) is 4. The second kappa shape index (κ2) is 3.12. The lowest BCUT2D eigenvalue weighted by Gasteiger charge is -2.05. The zero-order valence-corrected chi connectivity index (χ0v) is 7.05. The molecule has 1 aliphatic rings.